The van der Waals surface area contributed by atoms with Crippen molar-refractivity contribution in [3.8, 4) is 22.6 Å². The Labute approximate surface area is 146 Å². The smallest absolute Gasteiger partial charge is 0.280 e. The van der Waals surface area contributed by atoms with Crippen molar-refractivity contribution >= 4 is 16.9 Å². The quantitative estimate of drug-likeness (QED) is 0.606. The van der Waals surface area contributed by atoms with Crippen LogP contribution in [0.25, 0.3) is 33.7 Å². The Bertz CT molecular complexity index is 1100. The van der Waals surface area contributed by atoms with Gasteiger partial charge in [0.1, 0.15) is 17.5 Å². The molecule has 6 nitrogen and oxygen atoms in total. The highest BCUT2D eigenvalue weighted by atomic mass is 19.3. The third-order valence-electron chi connectivity index (χ3n) is 3.83. The molecule has 0 spiro atoms. The largest absolute Gasteiger partial charge is 0.382 e. The van der Waals surface area contributed by atoms with E-state index < -0.39 is 6.43 Å². The van der Waals surface area contributed by atoms with Crippen LogP contribution < -0.4 is 5.73 Å². The number of nitrogens with zero attached hydrogens (tertiary/aromatic N) is 5. The fourth-order valence-corrected chi connectivity index (χ4v) is 2.63. The van der Waals surface area contributed by atoms with E-state index in [9.17, 15) is 8.78 Å². The summed E-state index contributed by atoms with van der Waals surface area (Å²) in [5.74, 6) is 0.264. The van der Waals surface area contributed by atoms with Gasteiger partial charge in [-0.2, -0.15) is 0 Å². The molecule has 128 valence electrons. The van der Waals surface area contributed by atoms with Crippen molar-refractivity contribution in [1.29, 1.82) is 0 Å². The van der Waals surface area contributed by atoms with E-state index in [2.05, 4.69) is 24.9 Å². The number of alkyl halides is 2. The van der Waals surface area contributed by atoms with Crippen LogP contribution in [0.5, 0.6) is 0 Å². The molecule has 2 N–H and O–H groups in total. The summed E-state index contributed by atoms with van der Waals surface area (Å²) >= 11 is 0. The molecule has 4 aromatic rings. The molecule has 4 rings (SSSR count). The summed E-state index contributed by atoms with van der Waals surface area (Å²) in [6.45, 7) is 0. The predicted octanol–water partition coefficient (Wildman–Crippen LogP) is 3.67. The highest BCUT2D eigenvalue weighted by Crippen LogP contribution is 2.30. The van der Waals surface area contributed by atoms with Crippen LogP contribution in [0, 0.1) is 0 Å². The zero-order valence-corrected chi connectivity index (χ0v) is 13.3. The standard InChI is InChI=1S/C18H12F2N6/c19-17(20)14-5-1-4-13(25-14)15-10(3-2-8-22-15)11-6-7-12-16(26-11)18(21)24-9-23-12/h1-9,17H,(H2,21,23,24). The van der Waals surface area contributed by atoms with Crippen molar-refractivity contribution in [3.63, 3.8) is 0 Å². The molecule has 4 heterocycles. The number of rotatable bonds is 3. The van der Waals surface area contributed by atoms with E-state index in [1.54, 1.807) is 36.5 Å². The van der Waals surface area contributed by atoms with E-state index in [1.807, 2.05) is 0 Å². The lowest BCUT2D eigenvalue weighted by Gasteiger charge is -2.10. The summed E-state index contributed by atoms with van der Waals surface area (Å²) in [6.07, 6.45) is 0.292. The Morgan fingerprint density at radius 2 is 1.73 bits per heavy atom. The van der Waals surface area contributed by atoms with Gasteiger partial charge < -0.3 is 5.73 Å². The third kappa shape index (κ3) is 2.81. The van der Waals surface area contributed by atoms with Crippen LogP contribution in [0.3, 0.4) is 0 Å². The number of aromatic nitrogens is 5. The highest BCUT2D eigenvalue weighted by Gasteiger charge is 2.15. The van der Waals surface area contributed by atoms with Crippen LogP contribution >= 0.6 is 0 Å². The Kier molecular flexibility index (Phi) is 3.92. The first kappa shape index (κ1) is 15.9. The lowest BCUT2D eigenvalue weighted by atomic mass is 10.1. The summed E-state index contributed by atoms with van der Waals surface area (Å²) in [5.41, 5.74) is 8.69. The average Bonchev–Trinajstić information content (AvgIpc) is 2.68. The van der Waals surface area contributed by atoms with E-state index in [4.69, 9.17) is 5.73 Å². The van der Waals surface area contributed by atoms with Gasteiger partial charge in [0.25, 0.3) is 6.43 Å². The minimum Gasteiger partial charge on any atom is -0.382 e. The van der Waals surface area contributed by atoms with Gasteiger partial charge in [0.2, 0.25) is 0 Å². The van der Waals surface area contributed by atoms with Gasteiger partial charge in [-0.05, 0) is 36.4 Å². The topological polar surface area (TPSA) is 90.5 Å². The molecule has 8 heteroatoms. The first-order valence-electron chi connectivity index (χ1n) is 7.71. The molecule has 4 aromatic heterocycles. The maximum atomic E-state index is 13.0. The minimum atomic E-state index is -2.65. The predicted molar refractivity (Wildman–Crippen MR) is 93.2 cm³/mol. The van der Waals surface area contributed by atoms with Crippen molar-refractivity contribution in [2.24, 2.45) is 0 Å². The van der Waals surface area contributed by atoms with Gasteiger partial charge in [0.05, 0.1) is 22.6 Å². The molecule has 0 aliphatic rings. The molecule has 26 heavy (non-hydrogen) atoms. The zero-order chi connectivity index (χ0) is 18.1. The first-order chi connectivity index (χ1) is 12.6. The summed E-state index contributed by atoms with van der Waals surface area (Å²) in [4.78, 5) is 20.9. The highest BCUT2D eigenvalue weighted by molar-refractivity contribution is 5.87. The van der Waals surface area contributed by atoms with Crippen LogP contribution in [0.15, 0.2) is 55.0 Å². The molecular formula is C18H12F2N6. The van der Waals surface area contributed by atoms with Crippen LogP contribution in [-0.2, 0) is 0 Å². The molecule has 0 radical (unpaired) electrons. The molecule has 0 aliphatic heterocycles. The average molecular weight is 350 g/mol. The second-order valence-corrected chi connectivity index (χ2v) is 5.47. The number of pyridine rings is 3. The van der Waals surface area contributed by atoms with Crippen LogP contribution in [0.4, 0.5) is 14.6 Å². The lowest BCUT2D eigenvalue weighted by molar-refractivity contribution is 0.146. The number of nitrogen functional groups attached to an aromatic ring is 1. The number of fused-ring (bicyclic) bond motifs is 1. The van der Waals surface area contributed by atoms with Gasteiger partial charge in [0.15, 0.2) is 5.82 Å². The second kappa shape index (κ2) is 6.40. The maximum absolute atomic E-state index is 13.0. The van der Waals surface area contributed by atoms with Gasteiger partial charge >= 0.3 is 0 Å². The molecular weight excluding hydrogens is 338 g/mol. The molecule has 0 saturated heterocycles. The summed E-state index contributed by atoms with van der Waals surface area (Å²) < 4.78 is 26.0. The van der Waals surface area contributed by atoms with Crippen molar-refractivity contribution in [3.05, 3.63) is 60.7 Å². The lowest BCUT2D eigenvalue weighted by Crippen LogP contribution is -1.99. The molecule has 0 aliphatic carbocycles. The monoisotopic (exact) mass is 350 g/mol. The molecule has 0 atom stereocenters. The minimum absolute atomic E-state index is 0.264. The Morgan fingerprint density at radius 3 is 2.58 bits per heavy atom. The van der Waals surface area contributed by atoms with Gasteiger partial charge in [-0.3, -0.25) is 4.98 Å². The van der Waals surface area contributed by atoms with Crippen LogP contribution in [-0.4, -0.2) is 24.9 Å². The zero-order valence-electron chi connectivity index (χ0n) is 13.3. The van der Waals surface area contributed by atoms with E-state index in [1.165, 1.54) is 18.5 Å². The van der Waals surface area contributed by atoms with Crippen molar-refractivity contribution < 1.29 is 8.78 Å². The van der Waals surface area contributed by atoms with E-state index >= 15 is 0 Å². The number of hydrogen-bond acceptors (Lipinski definition) is 6. The number of nitrogens with two attached hydrogens (primary N) is 1. The Morgan fingerprint density at radius 1 is 0.846 bits per heavy atom. The number of hydrogen-bond donors (Lipinski definition) is 1. The Balaban J connectivity index is 1.89. The summed E-state index contributed by atoms with van der Waals surface area (Å²) in [7, 11) is 0. The molecule has 0 aromatic carbocycles. The van der Waals surface area contributed by atoms with Crippen molar-refractivity contribution in [1.82, 2.24) is 24.9 Å². The van der Waals surface area contributed by atoms with E-state index in [-0.39, 0.29) is 11.5 Å². The fraction of sp³-hybridized carbons (Fsp3) is 0.0556. The summed E-state index contributed by atoms with van der Waals surface area (Å²) in [6, 6.07) is 11.5. The van der Waals surface area contributed by atoms with Crippen LogP contribution in [0.1, 0.15) is 12.1 Å². The van der Waals surface area contributed by atoms with E-state index in [0.717, 1.165) is 0 Å². The fourth-order valence-electron chi connectivity index (χ4n) is 2.63. The van der Waals surface area contributed by atoms with Crippen molar-refractivity contribution in [2.75, 3.05) is 5.73 Å². The van der Waals surface area contributed by atoms with Gasteiger partial charge in [-0.25, -0.2) is 28.7 Å². The number of anilines is 1. The van der Waals surface area contributed by atoms with Crippen LogP contribution in [0.2, 0.25) is 0 Å². The maximum Gasteiger partial charge on any atom is 0.280 e. The summed E-state index contributed by atoms with van der Waals surface area (Å²) in [5, 5.41) is 0. The molecule has 0 fully saturated rings. The number of halogens is 2. The van der Waals surface area contributed by atoms with E-state index in [0.29, 0.717) is 33.7 Å². The van der Waals surface area contributed by atoms with Gasteiger partial charge in [-0.15, -0.1) is 0 Å². The first-order valence-corrected chi connectivity index (χ1v) is 7.71. The molecule has 0 unspecified atom stereocenters. The second-order valence-electron chi connectivity index (χ2n) is 5.47. The van der Waals surface area contributed by atoms with Gasteiger partial charge in [-0.1, -0.05) is 6.07 Å². The third-order valence-corrected chi connectivity index (χ3v) is 3.83. The Hall–Kier alpha value is -3.55. The van der Waals surface area contributed by atoms with Crippen molar-refractivity contribution in [2.45, 2.75) is 6.43 Å². The normalized spacial score (nSPS) is 11.2. The molecule has 0 amide bonds. The molecule has 0 saturated carbocycles. The SMILES string of the molecule is Nc1ncnc2ccc(-c3cccnc3-c3cccc(C(F)F)n3)nc12. The van der Waals surface area contributed by atoms with Gasteiger partial charge in [0, 0.05) is 11.8 Å². The molecule has 0 bridgehead atoms.